The Bertz CT molecular complexity index is 1320. The number of benzene rings is 3. The molecule has 2 N–H and O–H groups in total. The van der Waals surface area contributed by atoms with Crippen LogP contribution in [-0.4, -0.2) is 26.8 Å². The van der Waals surface area contributed by atoms with Crippen LogP contribution in [0, 0.1) is 6.92 Å². The summed E-state index contributed by atoms with van der Waals surface area (Å²) in [5.74, 6) is -0.427. The van der Waals surface area contributed by atoms with Crippen molar-refractivity contribution in [3.63, 3.8) is 0 Å². The Labute approximate surface area is 193 Å². The van der Waals surface area contributed by atoms with Gasteiger partial charge in [-0.05, 0) is 60.4 Å². The second-order valence-electron chi connectivity index (χ2n) is 8.04. The smallest absolute Gasteiger partial charge is 0.258 e. The van der Waals surface area contributed by atoms with Gasteiger partial charge < -0.3 is 10.2 Å². The first-order valence-corrected chi connectivity index (χ1v) is 12.1. The maximum atomic E-state index is 13.0. The van der Waals surface area contributed by atoms with E-state index in [4.69, 9.17) is 0 Å². The Morgan fingerprint density at radius 3 is 2.48 bits per heavy atom. The first-order chi connectivity index (χ1) is 15.7. The first kappa shape index (κ1) is 22.7. The highest BCUT2D eigenvalue weighted by Gasteiger charge is 2.26. The topological polar surface area (TPSA) is 95.6 Å². The second-order valence-corrected chi connectivity index (χ2v) is 9.78. The lowest BCUT2D eigenvalue weighted by Crippen LogP contribution is -2.29. The fraction of sp³-hybridized carbons (Fsp3) is 0.200. The van der Waals surface area contributed by atoms with Crippen molar-refractivity contribution < 1.29 is 18.0 Å². The van der Waals surface area contributed by atoms with Gasteiger partial charge in [0.2, 0.25) is 15.9 Å². The lowest BCUT2D eigenvalue weighted by molar-refractivity contribution is -0.114. The summed E-state index contributed by atoms with van der Waals surface area (Å²) in [6.07, 6.45) is 0.753. The molecule has 1 aliphatic rings. The van der Waals surface area contributed by atoms with Crippen LogP contribution in [-0.2, 0) is 27.8 Å². The summed E-state index contributed by atoms with van der Waals surface area (Å²) in [7, 11) is -3.89. The van der Waals surface area contributed by atoms with Crippen molar-refractivity contribution in [2.24, 2.45) is 0 Å². The molecule has 33 heavy (non-hydrogen) atoms. The summed E-state index contributed by atoms with van der Waals surface area (Å²) >= 11 is 0. The molecule has 0 bridgehead atoms. The van der Waals surface area contributed by atoms with Gasteiger partial charge in [0.25, 0.3) is 5.91 Å². The zero-order valence-corrected chi connectivity index (χ0v) is 19.3. The quantitative estimate of drug-likeness (QED) is 0.584. The predicted molar refractivity (Wildman–Crippen MR) is 128 cm³/mol. The van der Waals surface area contributed by atoms with Gasteiger partial charge in [-0.15, -0.1) is 0 Å². The number of hydrogen-bond acceptors (Lipinski definition) is 4. The van der Waals surface area contributed by atoms with E-state index in [0.29, 0.717) is 12.1 Å². The molecule has 1 aliphatic heterocycles. The van der Waals surface area contributed by atoms with Crippen molar-refractivity contribution >= 4 is 33.2 Å². The van der Waals surface area contributed by atoms with Gasteiger partial charge in [0.15, 0.2) is 0 Å². The van der Waals surface area contributed by atoms with Gasteiger partial charge in [-0.1, -0.05) is 36.4 Å². The van der Waals surface area contributed by atoms with E-state index in [9.17, 15) is 18.0 Å². The monoisotopic (exact) mass is 463 g/mol. The molecular formula is C25H25N3O4S. The van der Waals surface area contributed by atoms with Crippen LogP contribution in [0.1, 0.15) is 34.0 Å². The number of fused-ring (bicyclic) bond motifs is 1. The molecule has 0 atom stereocenters. The van der Waals surface area contributed by atoms with E-state index in [1.165, 1.54) is 13.0 Å². The molecule has 1 heterocycles. The fourth-order valence-electron chi connectivity index (χ4n) is 3.88. The minimum atomic E-state index is -3.89. The normalized spacial score (nSPS) is 13.0. The van der Waals surface area contributed by atoms with Gasteiger partial charge in [-0.2, -0.15) is 0 Å². The van der Waals surface area contributed by atoms with Gasteiger partial charge >= 0.3 is 0 Å². The van der Waals surface area contributed by atoms with E-state index in [-0.39, 0.29) is 28.9 Å². The summed E-state index contributed by atoms with van der Waals surface area (Å²) < 4.78 is 28.7. The van der Waals surface area contributed by atoms with Crippen molar-refractivity contribution in [1.29, 1.82) is 0 Å². The number of nitrogens with one attached hydrogen (secondary N) is 2. The number of rotatable bonds is 6. The summed E-state index contributed by atoms with van der Waals surface area (Å²) in [5.41, 5.74) is 4.19. The number of anilines is 2. The molecule has 0 fully saturated rings. The molecule has 0 unspecified atom stereocenters. The third-order valence-corrected chi connectivity index (χ3v) is 6.96. The SMILES string of the molecule is CC(=O)Nc1ccc(C)cc1S(=O)(=O)NCc1ccc2c(c1)N(C(=O)c1ccccc1)CC2. The number of sulfonamides is 1. The minimum absolute atomic E-state index is 0.0136. The Hall–Kier alpha value is -3.49. The molecule has 7 nitrogen and oxygen atoms in total. The third kappa shape index (κ3) is 4.97. The highest BCUT2D eigenvalue weighted by molar-refractivity contribution is 7.89. The minimum Gasteiger partial charge on any atom is -0.325 e. The van der Waals surface area contributed by atoms with Crippen molar-refractivity contribution in [2.75, 3.05) is 16.8 Å². The molecule has 0 radical (unpaired) electrons. The first-order valence-electron chi connectivity index (χ1n) is 10.6. The van der Waals surface area contributed by atoms with Crippen molar-refractivity contribution in [3.05, 3.63) is 89.0 Å². The molecule has 4 rings (SSSR count). The third-order valence-electron chi connectivity index (χ3n) is 5.51. The van der Waals surface area contributed by atoms with Crippen LogP contribution in [0.4, 0.5) is 11.4 Å². The van der Waals surface area contributed by atoms with Crippen LogP contribution < -0.4 is 14.9 Å². The molecule has 0 aliphatic carbocycles. The molecule has 2 amide bonds. The van der Waals surface area contributed by atoms with Gasteiger partial charge in [0.05, 0.1) is 5.69 Å². The lowest BCUT2D eigenvalue weighted by atomic mass is 10.1. The highest BCUT2D eigenvalue weighted by Crippen LogP contribution is 2.31. The Balaban J connectivity index is 1.55. The molecule has 3 aromatic carbocycles. The molecule has 0 saturated heterocycles. The van der Waals surface area contributed by atoms with E-state index in [0.717, 1.165) is 28.8 Å². The predicted octanol–water partition coefficient (Wildman–Crippen LogP) is 3.63. The number of hydrogen-bond donors (Lipinski definition) is 2. The van der Waals surface area contributed by atoms with E-state index in [1.807, 2.05) is 36.4 Å². The number of carbonyl (C=O) groups excluding carboxylic acids is 2. The number of carbonyl (C=O) groups is 2. The van der Waals surface area contributed by atoms with E-state index < -0.39 is 10.0 Å². The maximum Gasteiger partial charge on any atom is 0.258 e. The Morgan fingerprint density at radius 2 is 1.76 bits per heavy atom. The fourth-order valence-corrected chi connectivity index (χ4v) is 5.14. The summed E-state index contributed by atoms with van der Waals surface area (Å²) in [6.45, 7) is 3.75. The van der Waals surface area contributed by atoms with Crippen LogP contribution in [0.25, 0.3) is 0 Å². The largest absolute Gasteiger partial charge is 0.325 e. The van der Waals surface area contributed by atoms with Crippen LogP contribution in [0.3, 0.4) is 0 Å². The van der Waals surface area contributed by atoms with Gasteiger partial charge in [-0.25, -0.2) is 13.1 Å². The summed E-state index contributed by atoms with van der Waals surface area (Å²) in [6, 6.07) is 19.6. The summed E-state index contributed by atoms with van der Waals surface area (Å²) in [4.78, 5) is 26.2. The van der Waals surface area contributed by atoms with Crippen LogP contribution in [0.2, 0.25) is 0 Å². The lowest BCUT2D eigenvalue weighted by Gasteiger charge is -2.18. The molecule has 0 saturated carbocycles. The Morgan fingerprint density at radius 1 is 1.00 bits per heavy atom. The summed E-state index contributed by atoms with van der Waals surface area (Å²) in [5, 5.41) is 2.57. The Kier molecular flexibility index (Phi) is 6.31. The molecule has 0 aromatic heterocycles. The molecule has 170 valence electrons. The maximum absolute atomic E-state index is 13.0. The van der Waals surface area contributed by atoms with Crippen LogP contribution in [0.5, 0.6) is 0 Å². The average Bonchev–Trinajstić information content (AvgIpc) is 3.22. The standard InChI is InChI=1S/C25H25N3O4S/c1-17-8-11-22(27-18(2)29)24(14-17)33(31,32)26-16-19-9-10-20-12-13-28(23(20)15-19)25(30)21-6-4-3-5-7-21/h3-11,14-15,26H,12-13,16H2,1-2H3,(H,27,29). The number of nitrogens with zero attached hydrogens (tertiary/aromatic N) is 1. The van der Waals surface area contributed by atoms with E-state index in [1.54, 1.807) is 36.1 Å². The van der Waals surface area contributed by atoms with E-state index >= 15 is 0 Å². The molecule has 0 spiro atoms. The van der Waals surface area contributed by atoms with Gasteiger partial charge in [-0.3, -0.25) is 9.59 Å². The molecule has 8 heteroatoms. The number of amides is 2. The van der Waals surface area contributed by atoms with Gasteiger partial charge in [0.1, 0.15) is 4.90 Å². The van der Waals surface area contributed by atoms with E-state index in [2.05, 4.69) is 10.0 Å². The van der Waals surface area contributed by atoms with Crippen LogP contribution >= 0.6 is 0 Å². The van der Waals surface area contributed by atoms with Crippen molar-refractivity contribution in [3.8, 4) is 0 Å². The highest BCUT2D eigenvalue weighted by atomic mass is 32.2. The second kappa shape index (κ2) is 9.17. The van der Waals surface area contributed by atoms with Crippen LogP contribution in [0.15, 0.2) is 71.6 Å². The molecular weight excluding hydrogens is 438 g/mol. The zero-order chi connectivity index (χ0) is 23.6. The van der Waals surface area contributed by atoms with Crippen molar-refractivity contribution in [2.45, 2.75) is 31.7 Å². The number of aryl methyl sites for hydroxylation is 1. The zero-order valence-electron chi connectivity index (χ0n) is 18.5. The van der Waals surface area contributed by atoms with Gasteiger partial charge in [0, 0.05) is 31.3 Å². The average molecular weight is 464 g/mol. The van der Waals surface area contributed by atoms with Crippen molar-refractivity contribution in [1.82, 2.24) is 4.72 Å². The molecule has 3 aromatic rings.